The van der Waals surface area contributed by atoms with Crippen molar-refractivity contribution in [3.63, 3.8) is 0 Å². The van der Waals surface area contributed by atoms with Crippen LogP contribution in [0.15, 0.2) is 77.8 Å². The Morgan fingerprint density at radius 1 is 0.961 bits per heavy atom. The second-order valence-corrected chi connectivity index (χ2v) is 11.9. The topological polar surface area (TPSA) is 111 Å². The number of fused-ring (bicyclic) bond motifs is 1. The molecular formula is C36H37BrClF2N5O6. The van der Waals surface area contributed by atoms with Crippen molar-refractivity contribution in [2.24, 2.45) is 4.99 Å². The maximum absolute atomic E-state index is 14.5. The highest BCUT2D eigenvalue weighted by Crippen LogP contribution is 2.33. The molecule has 6 rings (SSSR count). The lowest BCUT2D eigenvalue weighted by Crippen LogP contribution is -2.52. The minimum absolute atomic E-state index is 0. The number of anilines is 1. The van der Waals surface area contributed by atoms with Crippen LogP contribution in [-0.2, 0) is 13.0 Å². The Kier molecular flexibility index (Phi) is 12.8. The van der Waals surface area contributed by atoms with Crippen LogP contribution in [0.3, 0.4) is 0 Å². The van der Waals surface area contributed by atoms with Gasteiger partial charge in [0.2, 0.25) is 0 Å². The molecule has 11 nitrogen and oxygen atoms in total. The van der Waals surface area contributed by atoms with E-state index < -0.39 is 16.6 Å². The van der Waals surface area contributed by atoms with E-state index in [1.165, 1.54) is 42.5 Å². The Hall–Kier alpha value is -4.82. The number of aliphatic imine (C=N–C) groups is 1. The fourth-order valence-electron chi connectivity index (χ4n) is 5.73. The summed E-state index contributed by atoms with van der Waals surface area (Å²) in [5, 5.41) is 14.9. The summed E-state index contributed by atoms with van der Waals surface area (Å²) in [5.74, 6) is 1.96. The van der Waals surface area contributed by atoms with E-state index >= 15 is 0 Å². The number of halogens is 4. The molecule has 4 aromatic carbocycles. The van der Waals surface area contributed by atoms with E-state index in [-0.39, 0.29) is 40.0 Å². The first-order valence-electron chi connectivity index (χ1n) is 16.3. The Bertz CT molecular complexity index is 1880. The van der Waals surface area contributed by atoms with E-state index in [0.717, 1.165) is 22.7 Å². The van der Waals surface area contributed by atoms with Crippen LogP contribution in [0.2, 0.25) is 5.02 Å². The van der Waals surface area contributed by atoms with Gasteiger partial charge < -0.3 is 34.1 Å². The minimum Gasteiger partial charge on any atom is -0.487 e. The third-order valence-corrected chi connectivity index (χ3v) is 8.52. The lowest BCUT2D eigenvalue weighted by Gasteiger charge is -2.38. The second kappa shape index (κ2) is 17.4. The van der Waals surface area contributed by atoms with Gasteiger partial charge in [-0.3, -0.25) is 10.1 Å². The summed E-state index contributed by atoms with van der Waals surface area (Å²) in [6.45, 7) is 6.19. The van der Waals surface area contributed by atoms with Gasteiger partial charge >= 0.3 is 5.69 Å². The number of nitro benzene ring substituents is 1. The standard InChI is InChI=1S/C36H36ClF2N5O6.BrH/c1-2-47-34-21-27(5-8-31(34)44(45)46)42-13-15-43(16-14-42)36(40-12-11-24-3-9-33-35(19-24)49-18-17-48-33)41-23-25-20-26(38)4-10-32(25)50-28-6-7-30(39)29(37)22-28;/h3-10,19-22H,2,11-18,23H2,1H3,(H,40,41);1H. The molecule has 1 fully saturated rings. The van der Waals surface area contributed by atoms with E-state index in [0.29, 0.717) is 82.0 Å². The van der Waals surface area contributed by atoms with Crippen molar-refractivity contribution in [2.45, 2.75) is 19.9 Å². The first-order chi connectivity index (χ1) is 24.3. The van der Waals surface area contributed by atoms with E-state index in [9.17, 15) is 18.9 Å². The Morgan fingerprint density at radius 3 is 2.49 bits per heavy atom. The predicted octanol–water partition coefficient (Wildman–Crippen LogP) is 7.58. The summed E-state index contributed by atoms with van der Waals surface area (Å²) in [6, 6.07) is 19.0. The van der Waals surface area contributed by atoms with Crippen LogP contribution in [0, 0.1) is 21.7 Å². The zero-order valence-corrected chi connectivity index (χ0v) is 30.2. The number of ether oxygens (including phenoxy) is 4. The number of benzene rings is 4. The number of guanidine groups is 1. The first-order valence-corrected chi connectivity index (χ1v) is 16.6. The number of nitrogens with one attached hydrogen (secondary N) is 1. The zero-order valence-electron chi connectivity index (χ0n) is 27.8. The van der Waals surface area contributed by atoms with Gasteiger partial charge in [-0.25, -0.2) is 13.8 Å². The lowest BCUT2D eigenvalue weighted by molar-refractivity contribution is -0.385. The minimum atomic E-state index is -0.571. The van der Waals surface area contributed by atoms with Gasteiger partial charge in [0.05, 0.1) is 23.1 Å². The van der Waals surface area contributed by atoms with Crippen LogP contribution >= 0.6 is 28.6 Å². The number of hydrogen-bond acceptors (Lipinski definition) is 8. The van der Waals surface area contributed by atoms with Crippen LogP contribution in [0.1, 0.15) is 18.1 Å². The zero-order chi connectivity index (χ0) is 35.0. The van der Waals surface area contributed by atoms with Crippen molar-refractivity contribution in [3.8, 4) is 28.7 Å². The molecule has 4 aromatic rings. The van der Waals surface area contributed by atoms with Gasteiger partial charge in [-0.15, -0.1) is 17.0 Å². The molecule has 0 aliphatic carbocycles. The largest absolute Gasteiger partial charge is 0.487 e. The molecule has 0 spiro atoms. The summed E-state index contributed by atoms with van der Waals surface area (Å²) >= 11 is 5.95. The van der Waals surface area contributed by atoms with Gasteiger partial charge in [0.15, 0.2) is 23.2 Å². The van der Waals surface area contributed by atoms with Gasteiger partial charge in [0, 0.05) is 62.2 Å². The van der Waals surface area contributed by atoms with E-state index in [1.54, 1.807) is 19.1 Å². The van der Waals surface area contributed by atoms with Crippen LogP contribution in [0.25, 0.3) is 0 Å². The highest BCUT2D eigenvalue weighted by molar-refractivity contribution is 8.93. The molecule has 270 valence electrons. The van der Waals surface area contributed by atoms with Crippen LogP contribution in [0.5, 0.6) is 28.7 Å². The van der Waals surface area contributed by atoms with Crippen molar-refractivity contribution in [3.05, 3.63) is 111 Å². The van der Waals surface area contributed by atoms with Gasteiger partial charge in [-0.05, 0) is 67.4 Å². The summed E-state index contributed by atoms with van der Waals surface area (Å²) in [7, 11) is 0. The van der Waals surface area contributed by atoms with Crippen molar-refractivity contribution >= 4 is 45.9 Å². The summed E-state index contributed by atoms with van der Waals surface area (Å²) < 4.78 is 51.1. The highest BCUT2D eigenvalue weighted by atomic mass is 79.9. The predicted molar refractivity (Wildman–Crippen MR) is 197 cm³/mol. The molecule has 0 saturated carbocycles. The molecule has 15 heteroatoms. The first kappa shape index (κ1) is 37.4. The summed E-state index contributed by atoms with van der Waals surface area (Å²) in [5.41, 5.74) is 2.30. The van der Waals surface area contributed by atoms with Gasteiger partial charge in [0.25, 0.3) is 0 Å². The molecule has 0 atom stereocenters. The number of piperazine rings is 1. The lowest BCUT2D eigenvalue weighted by atomic mass is 10.1. The van der Waals surface area contributed by atoms with Crippen LogP contribution in [-0.4, -0.2) is 68.3 Å². The number of hydrogen-bond donors (Lipinski definition) is 1. The monoisotopic (exact) mass is 787 g/mol. The van der Waals surface area contributed by atoms with Crippen LogP contribution in [0.4, 0.5) is 20.2 Å². The molecule has 0 amide bonds. The molecule has 0 bridgehead atoms. The SMILES string of the molecule is Br.CCOc1cc(N2CCN(C(=NCc3cc(F)ccc3Oc3ccc(F)c(Cl)c3)NCCc3ccc4c(c3)OCCO4)CC2)ccc1[N+](=O)[O-]. The maximum Gasteiger partial charge on any atom is 0.311 e. The molecular weight excluding hydrogens is 752 g/mol. The molecule has 1 N–H and O–H groups in total. The van der Waals surface area contributed by atoms with Crippen molar-refractivity contribution < 1.29 is 32.7 Å². The molecule has 0 radical (unpaired) electrons. The van der Waals surface area contributed by atoms with E-state index in [1.807, 2.05) is 18.2 Å². The maximum atomic E-state index is 14.5. The third-order valence-electron chi connectivity index (χ3n) is 8.23. The van der Waals surface area contributed by atoms with Crippen molar-refractivity contribution in [1.29, 1.82) is 0 Å². The number of rotatable bonds is 11. The Balaban J connectivity index is 0.00000504. The van der Waals surface area contributed by atoms with Crippen LogP contribution < -0.4 is 29.2 Å². The fourth-order valence-corrected chi connectivity index (χ4v) is 5.90. The average Bonchev–Trinajstić information content (AvgIpc) is 3.12. The Morgan fingerprint density at radius 2 is 1.75 bits per heavy atom. The molecule has 0 aromatic heterocycles. The molecule has 2 aliphatic rings. The van der Waals surface area contributed by atoms with Gasteiger partial charge in [-0.2, -0.15) is 0 Å². The molecule has 51 heavy (non-hydrogen) atoms. The number of nitro groups is 1. The quantitative estimate of drug-likeness (QED) is 0.0712. The summed E-state index contributed by atoms with van der Waals surface area (Å²) in [4.78, 5) is 20.2. The second-order valence-electron chi connectivity index (χ2n) is 11.5. The third kappa shape index (κ3) is 9.50. The summed E-state index contributed by atoms with van der Waals surface area (Å²) in [6.07, 6.45) is 0.679. The van der Waals surface area contributed by atoms with Crippen molar-refractivity contribution in [1.82, 2.24) is 10.2 Å². The van der Waals surface area contributed by atoms with Gasteiger partial charge in [-0.1, -0.05) is 17.7 Å². The number of nitrogens with zero attached hydrogens (tertiary/aromatic N) is 4. The fraction of sp³-hybridized carbons (Fsp3) is 0.306. The molecule has 2 aliphatic heterocycles. The van der Waals surface area contributed by atoms with E-state index in [2.05, 4.69) is 15.1 Å². The van der Waals surface area contributed by atoms with Gasteiger partial charge in [0.1, 0.15) is 36.3 Å². The van der Waals surface area contributed by atoms with E-state index in [4.69, 9.17) is 35.5 Å². The normalized spacial score (nSPS) is 14.1. The highest BCUT2D eigenvalue weighted by Gasteiger charge is 2.23. The molecule has 1 saturated heterocycles. The Labute approximate surface area is 309 Å². The van der Waals surface area contributed by atoms with Crippen molar-refractivity contribution in [2.75, 3.05) is 57.4 Å². The smallest absolute Gasteiger partial charge is 0.311 e. The molecule has 2 heterocycles. The average molecular weight is 789 g/mol. The molecule has 0 unspecified atom stereocenters.